The van der Waals surface area contributed by atoms with E-state index in [2.05, 4.69) is 0 Å². The number of halogens is 2. The second-order valence-corrected chi connectivity index (χ2v) is 4.50. The first-order chi connectivity index (χ1) is 8.56. The molecule has 0 N–H and O–H groups in total. The van der Waals surface area contributed by atoms with E-state index in [9.17, 15) is 13.6 Å². The Hall–Kier alpha value is -1.33. The van der Waals surface area contributed by atoms with Crippen molar-refractivity contribution in [1.82, 2.24) is 4.90 Å². The minimum atomic E-state index is -0.561. The summed E-state index contributed by atoms with van der Waals surface area (Å²) in [6, 6.07) is 3.12. The number of nitrogens with zero attached hydrogens (tertiary/aromatic N) is 1. The van der Waals surface area contributed by atoms with Gasteiger partial charge in [0.1, 0.15) is 17.7 Å². The van der Waals surface area contributed by atoms with E-state index in [0.717, 1.165) is 24.7 Å². The highest BCUT2D eigenvalue weighted by Gasteiger charge is 2.25. The molecule has 1 aliphatic heterocycles. The summed E-state index contributed by atoms with van der Waals surface area (Å²) in [5, 5.41) is 0. The van der Waals surface area contributed by atoms with Gasteiger partial charge in [0, 0.05) is 19.5 Å². The van der Waals surface area contributed by atoms with Gasteiger partial charge in [-0.3, -0.25) is 4.79 Å². The molecule has 0 bridgehead atoms. The van der Waals surface area contributed by atoms with Crippen LogP contribution in [-0.4, -0.2) is 43.5 Å². The van der Waals surface area contributed by atoms with Crippen molar-refractivity contribution in [1.29, 1.82) is 0 Å². The largest absolute Gasteiger partial charge is 0.368 e. The Morgan fingerprint density at radius 2 is 2.28 bits per heavy atom. The third-order valence-electron chi connectivity index (χ3n) is 3.00. The lowest BCUT2D eigenvalue weighted by Gasteiger charge is -2.29. The first-order valence-corrected chi connectivity index (χ1v) is 5.83. The molecule has 0 amide bonds. The number of hydrogen-bond donors (Lipinski definition) is 0. The molecule has 2 rings (SSSR count). The average Bonchev–Trinajstić information content (AvgIpc) is 2.34. The number of rotatable bonds is 3. The Balaban J connectivity index is 2.04. The number of morpholine rings is 1. The van der Waals surface area contributed by atoms with Crippen molar-refractivity contribution in [3.8, 4) is 0 Å². The lowest BCUT2D eigenvalue weighted by Crippen LogP contribution is -2.44. The Morgan fingerprint density at radius 1 is 1.50 bits per heavy atom. The summed E-state index contributed by atoms with van der Waals surface area (Å²) in [5.41, 5.74) is 0.0804. The molecular formula is C13H15F2NO2. The van der Waals surface area contributed by atoms with E-state index < -0.39 is 17.7 Å². The normalized spacial score (nSPS) is 20.9. The lowest BCUT2D eigenvalue weighted by molar-refractivity contribution is -0.134. The predicted molar refractivity (Wildman–Crippen MR) is 62.3 cm³/mol. The fourth-order valence-electron chi connectivity index (χ4n) is 1.95. The molecule has 0 radical (unpaired) electrons. The third kappa shape index (κ3) is 3.11. The molecule has 5 heteroatoms. The molecule has 1 unspecified atom stereocenters. The second-order valence-electron chi connectivity index (χ2n) is 4.50. The smallest absolute Gasteiger partial charge is 0.167 e. The second kappa shape index (κ2) is 5.54. The molecular weight excluding hydrogens is 240 g/mol. The van der Waals surface area contributed by atoms with Gasteiger partial charge in [-0.2, -0.15) is 0 Å². The maximum atomic E-state index is 13.4. The molecule has 1 fully saturated rings. The molecule has 1 aliphatic rings. The van der Waals surface area contributed by atoms with E-state index in [1.807, 2.05) is 11.9 Å². The zero-order valence-corrected chi connectivity index (χ0v) is 10.2. The Bertz CT molecular complexity index is 451. The van der Waals surface area contributed by atoms with Crippen LogP contribution in [0.1, 0.15) is 5.56 Å². The maximum absolute atomic E-state index is 13.4. The van der Waals surface area contributed by atoms with Crippen LogP contribution in [-0.2, 0) is 16.0 Å². The molecule has 1 saturated heterocycles. The molecule has 1 aromatic rings. The molecule has 0 aliphatic carbocycles. The Labute approximate surface area is 104 Å². The molecule has 0 aromatic heterocycles. The first-order valence-electron chi connectivity index (χ1n) is 5.83. The minimum Gasteiger partial charge on any atom is -0.368 e. The Kier molecular flexibility index (Phi) is 4.04. The summed E-state index contributed by atoms with van der Waals surface area (Å²) in [4.78, 5) is 13.9. The van der Waals surface area contributed by atoms with Crippen LogP contribution in [0.5, 0.6) is 0 Å². The van der Waals surface area contributed by atoms with Crippen LogP contribution in [0.3, 0.4) is 0 Å². The predicted octanol–water partition coefficient (Wildman–Crippen LogP) is 1.41. The highest BCUT2D eigenvalue weighted by Crippen LogP contribution is 2.13. The number of likely N-dealkylation sites (N-methyl/N-ethyl adjacent to an activating group) is 1. The molecule has 3 nitrogen and oxygen atoms in total. The summed E-state index contributed by atoms with van der Waals surface area (Å²) in [6.45, 7) is 1.76. The number of carbonyl (C=O) groups is 1. The number of carbonyl (C=O) groups excluding carboxylic acids is 1. The number of hydrogen-bond acceptors (Lipinski definition) is 3. The highest BCUT2D eigenvalue weighted by atomic mass is 19.1. The van der Waals surface area contributed by atoms with Gasteiger partial charge in [0.2, 0.25) is 0 Å². The van der Waals surface area contributed by atoms with Crippen LogP contribution in [0, 0.1) is 11.6 Å². The van der Waals surface area contributed by atoms with Gasteiger partial charge in [-0.15, -0.1) is 0 Å². The molecule has 0 spiro atoms. The van der Waals surface area contributed by atoms with Gasteiger partial charge >= 0.3 is 0 Å². The standard InChI is InChI=1S/C13H15F2NO2/c1-16-4-5-18-13(8-16)12(17)7-9-6-10(14)2-3-11(9)15/h2-3,6,13H,4-5,7-8H2,1H3. The Morgan fingerprint density at radius 3 is 3.00 bits per heavy atom. The van der Waals surface area contributed by atoms with Crippen LogP contribution in [0.25, 0.3) is 0 Å². The molecule has 1 heterocycles. The lowest BCUT2D eigenvalue weighted by atomic mass is 10.0. The quantitative estimate of drug-likeness (QED) is 0.818. The van der Waals surface area contributed by atoms with Gasteiger partial charge in [0.25, 0.3) is 0 Å². The van der Waals surface area contributed by atoms with Crippen LogP contribution in [0.4, 0.5) is 8.78 Å². The number of ketones is 1. The van der Waals surface area contributed by atoms with E-state index in [1.165, 1.54) is 0 Å². The highest BCUT2D eigenvalue weighted by molar-refractivity contribution is 5.85. The fourth-order valence-corrected chi connectivity index (χ4v) is 1.95. The van der Waals surface area contributed by atoms with Crippen molar-refractivity contribution >= 4 is 5.78 Å². The van der Waals surface area contributed by atoms with E-state index in [-0.39, 0.29) is 17.8 Å². The zero-order chi connectivity index (χ0) is 13.1. The minimum absolute atomic E-state index is 0.0804. The summed E-state index contributed by atoms with van der Waals surface area (Å²) < 4.78 is 31.7. The summed E-state index contributed by atoms with van der Waals surface area (Å²) in [6.07, 6.45) is -0.686. The molecule has 18 heavy (non-hydrogen) atoms. The van der Waals surface area contributed by atoms with Crippen molar-refractivity contribution < 1.29 is 18.3 Å². The van der Waals surface area contributed by atoms with Crippen molar-refractivity contribution in [3.05, 3.63) is 35.4 Å². The van der Waals surface area contributed by atoms with E-state index in [0.29, 0.717) is 13.2 Å². The van der Waals surface area contributed by atoms with Gasteiger partial charge in [-0.05, 0) is 30.8 Å². The number of benzene rings is 1. The van der Waals surface area contributed by atoms with E-state index in [4.69, 9.17) is 4.74 Å². The van der Waals surface area contributed by atoms with Gasteiger partial charge in [0.15, 0.2) is 5.78 Å². The van der Waals surface area contributed by atoms with E-state index >= 15 is 0 Å². The fraction of sp³-hybridized carbons (Fsp3) is 0.462. The van der Waals surface area contributed by atoms with Crippen molar-refractivity contribution in [3.63, 3.8) is 0 Å². The molecule has 0 saturated carbocycles. The number of Topliss-reactive ketones (excluding diaryl/α,β-unsaturated/α-hetero) is 1. The van der Waals surface area contributed by atoms with Crippen LogP contribution >= 0.6 is 0 Å². The third-order valence-corrected chi connectivity index (χ3v) is 3.00. The average molecular weight is 255 g/mol. The summed E-state index contributed by atoms with van der Waals surface area (Å²) in [5.74, 6) is -1.32. The zero-order valence-electron chi connectivity index (χ0n) is 10.2. The molecule has 1 aromatic carbocycles. The van der Waals surface area contributed by atoms with Gasteiger partial charge in [-0.25, -0.2) is 8.78 Å². The van der Waals surface area contributed by atoms with Crippen molar-refractivity contribution in [2.45, 2.75) is 12.5 Å². The van der Waals surface area contributed by atoms with Crippen LogP contribution < -0.4 is 0 Å². The van der Waals surface area contributed by atoms with Gasteiger partial charge < -0.3 is 9.64 Å². The summed E-state index contributed by atoms with van der Waals surface area (Å²) >= 11 is 0. The topological polar surface area (TPSA) is 29.5 Å². The maximum Gasteiger partial charge on any atom is 0.167 e. The summed E-state index contributed by atoms with van der Waals surface area (Å²) in [7, 11) is 1.89. The van der Waals surface area contributed by atoms with Crippen molar-refractivity contribution in [2.24, 2.45) is 0 Å². The van der Waals surface area contributed by atoms with Crippen LogP contribution in [0.15, 0.2) is 18.2 Å². The number of ether oxygens (including phenoxy) is 1. The SMILES string of the molecule is CN1CCOC(C(=O)Cc2cc(F)ccc2F)C1. The van der Waals surface area contributed by atoms with Gasteiger partial charge in [0.05, 0.1) is 6.61 Å². The monoisotopic (exact) mass is 255 g/mol. The van der Waals surface area contributed by atoms with Crippen molar-refractivity contribution in [2.75, 3.05) is 26.7 Å². The van der Waals surface area contributed by atoms with Crippen LogP contribution in [0.2, 0.25) is 0 Å². The first kappa shape index (κ1) is 13.1. The van der Waals surface area contributed by atoms with E-state index in [1.54, 1.807) is 0 Å². The molecule has 98 valence electrons. The van der Waals surface area contributed by atoms with Gasteiger partial charge in [-0.1, -0.05) is 0 Å². The molecule has 1 atom stereocenters.